The number of hydrogen-bond acceptors (Lipinski definition) is 6. The maximum absolute atomic E-state index is 15.2. The lowest BCUT2D eigenvalue weighted by atomic mass is 10.1. The zero-order valence-electron chi connectivity index (χ0n) is 19.7. The zero-order chi connectivity index (χ0) is 23.8. The minimum atomic E-state index is -0.293. The number of fused-ring (bicyclic) bond motifs is 1. The molecule has 2 atom stereocenters. The average molecular weight is 480 g/mol. The summed E-state index contributed by atoms with van der Waals surface area (Å²) in [6, 6.07) is 12.8. The summed E-state index contributed by atoms with van der Waals surface area (Å²) >= 11 is 0. The van der Waals surface area contributed by atoms with E-state index in [9.17, 15) is 4.79 Å². The Kier molecular flexibility index (Phi) is 6.18. The van der Waals surface area contributed by atoms with Crippen molar-refractivity contribution in [2.45, 2.75) is 31.4 Å². The third-order valence-electron chi connectivity index (χ3n) is 7.37. The quantitative estimate of drug-likeness (QED) is 0.539. The van der Waals surface area contributed by atoms with Crippen LogP contribution in [0.25, 0.3) is 16.5 Å². The van der Waals surface area contributed by atoms with Gasteiger partial charge in [-0.3, -0.25) is 14.3 Å². The molecule has 8 heteroatoms. The number of rotatable bonds is 6. The second kappa shape index (κ2) is 9.60. The van der Waals surface area contributed by atoms with E-state index in [0.29, 0.717) is 48.6 Å². The zero-order valence-corrected chi connectivity index (χ0v) is 19.7. The van der Waals surface area contributed by atoms with Crippen LogP contribution in [0.5, 0.6) is 5.75 Å². The highest BCUT2D eigenvalue weighted by atomic mass is 19.1. The molecule has 3 fully saturated rings. The fourth-order valence-electron chi connectivity index (χ4n) is 5.44. The van der Waals surface area contributed by atoms with Gasteiger partial charge in [-0.2, -0.15) is 0 Å². The van der Waals surface area contributed by atoms with Gasteiger partial charge >= 0.3 is 0 Å². The smallest absolute Gasteiger partial charge is 0.262 e. The lowest BCUT2D eigenvalue weighted by molar-refractivity contribution is 0.0321. The molecule has 0 radical (unpaired) electrons. The van der Waals surface area contributed by atoms with Crippen LogP contribution in [0.15, 0.2) is 53.5 Å². The van der Waals surface area contributed by atoms with Crippen LogP contribution in [-0.2, 0) is 9.47 Å². The molecule has 7 nitrogen and oxygen atoms in total. The molecule has 0 spiro atoms. The van der Waals surface area contributed by atoms with Gasteiger partial charge in [0.2, 0.25) is 0 Å². The molecule has 3 aliphatic rings. The standard InChI is InChI=1S/C27H30FN3O4/c28-25-14-20(3-6-26(25)30-11-8-21(15-30)29-9-1-2-10-29)31-12-7-19-13-22(4-5-24(19)27(31)32)34-17-23-16-33-18-35-23/h3-7,12-14,21,23H,1-2,8-11,15-18H2/t21-,23?/m1/s1. The van der Waals surface area contributed by atoms with Crippen molar-refractivity contribution in [2.24, 2.45) is 0 Å². The molecular weight excluding hydrogens is 449 g/mol. The number of halogens is 1. The fourth-order valence-corrected chi connectivity index (χ4v) is 5.44. The van der Waals surface area contributed by atoms with E-state index in [2.05, 4.69) is 9.80 Å². The van der Waals surface area contributed by atoms with Crippen LogP contribution in [0.2, 0.25) is 0 Å². The second-order valence-corrected chi connectivity index (χ2v) is 9.60. The number of ether oxygens (including phenoxy) is 3. The van der Waals surface area contributed by atoms with Crippen LogP contribution in [0, 0.1) is 5.82 Å². The Morgan fingerprint density at radius 2 is 1.94 bits per heavy atom. The van der Waals surface area contributed by atoms with E-state index in [4.69, 9.17) is 14.2 Å². The van der Waals surface area contributed by atoms with Crippen LogP contribution in [-0.4, -0.2) is 67.8 Å². The molecule has 2 aromatic carbocycles. The summed E-state index contributed by atoms with van der Waals surface area (Å²) in [4.78, 5) is 17.9. The van der Waals surface area contributed by atoms with E-state index in [1.807, 2.05) is 18.2 Å². The Hall–Kier alpha value is -2.94. The van der Waals surface area contributed by atoms with Gasteiger partial charge in [0.15, 0.2) is 0 Å². The van der Waals surface area contributed by atoms with Crippen molar-refractivity contribution in [3.8, 4) is 11.4 Å². The highest BCUT2D eigenvalue weighted by Gasteiger charge is 2.30. The lowest BCUT2D eigenvalue weighted by Crippen LogP contribution is -2.35. The predicted molar refractivity (Wildman–Crippen MR) is 132 cm³/mol. The number of nitrogens with zero attached hydrogens (tertiary/aromatic N) is 3. The Morgan fingerprint density at radius 1 is 1.06 bits per heavy atom. The molecule has 3 aliphatic heterocycles. The Balaban J connectivity index is 1.20. The summed E-state index contributed by atoms with van der Waals surface area (Å²) in [6.45, 7) is 5.23. The summed E-state index contributed by atoms with van der Waals surface area (Å²) in [5.74, 6) is 0.372. The molecule has 3 aromatic rings. The largest absolute Gasteiger partial charge is 0.491 e. The van der Waals surface area contributed by atoms with Gasteiger partial charge in [-0.15, -0.1) is 0 Å². The SMILES string of the molecule is O=c1c2ccc(OCC3COCO3)cc2ccn1-c1ccc(N2CC[C@@H](N3CCCC3)C2)c(F)c1. The molecular formula is C27H30FN3O4. The molecule has 0 bridgehead atoms. The van der Waals surface area contributed by atoms with Gasteiger partial charge in [0.05, 0.1) is 18.0 Å². The molecule has 0 saturated carbocycles. The average Bonchev–Trinajstić information content (AvgIpc) is 3.66. The first-order valence-corrected chi connectivity index (χ1v) is 12.4. The minimum Gasteiger partial charge on any atom is -0.491 e. The Morgan fingerprint density at radius 3 is 2.74 bits per heavy atom. The molecule has 3 saturated heterocycles. The van der Waals surface area contributed by atoms with Crippen molar-refractivity contribution >= 4 is 16.5 Å². The number of hydrogen-bond donors (Lipinski definition) is 0. The predicted octanol–water partition coefficient (Wildman–Crippen LogP) is 3.56. The molecule has 0 aliphatic carbocycles. The summed E-state index contributed by atoms with van der Waals surface area (Å²) in [5.41, 5.74) is 0.943. The number of aromatic nitrogens is 1. The molecule has 0 N–H and O–H groups in total. The van der Waals surface area contributed by atoms with Gasteiger partial charge in [-0.25, -0.2) is 4.39 Å². The topological polar surface area (TPSA) is 56.2 Å². The second-order valence-electron chi connectivity index (χ2n) is 9.60. The monoisotopic (exact) mass is 479 g/mol. The fraction of sp³-hybridized carbons (Fsp3) is 0.444. The normalized spacial score (nSPS) is 22.9. The van der Waals surface area contributed by atoms with Crippen LogP contribution in [0.4, 0.5) is 10.1 Å². The van der Waals surface area contributed by atoms with E-state index in [0.717, 1.165) is 38.0 Å². The van der Waals surface area contributed by atoms with Crippen LogP contribution in [0.3, 0.4) is 0 Å². The number of anilines is 1. The van der Waals surface area contributed by atoms with Gasteiger partial charge in [0.25, 0.3) is 5.56 Å². The van der Waals surface area contributed by atoms with Crippen molar-refractivity contribution in [3.05, 3.63) is 64.8 Å². The molecule has 1 unspecified atom stereocenters. The first-order valence-electron chi connectivity index (χ1n) is 12.4. The van der Waals surface area contributed by atoms with Crippen LogP contribution >= 0.6 is 0 Å². The van der Waals surface area contributed by atoms with Gasteiger partial charge < -0.3 is 19.1 Å². The van der Waals surface area contributed by atoms with Crippen LogP contribution < -0.4 is 15.2 Å². The Labute approximate surface area is 203 Å². The van der Waals surface area contributed by atoms with Crippen molar-refractivity contribution < 1.29 is 18.6 Å². The van der Waals surface area contributed by atoms with E-state index < -0.39 is 0 Å². The third-order valence-corrected chi connectivity index (χ3v) is 7.37. The summed E-state index contributed by atoms with van der Waals surface area (Å²) in [6.07, 6.45) is 5.20. The summed E-state index contributed by atoms with van der Waals surface area (Å²) < 4.78 is 33.1. The Bertz CT molecular complexity index is 1270. The first-order chi connectivity index (χ1) is 17.2. The van der Waals surface area contributed by atoms with Crippen molar-refractivity contribution in [1.29, 1.82) is 0 Å². The maximum Gasteiger partial charge on any atom is 0.262 e. The third kappa shape index (κ3) is 4.53. The summed E-state index contributed by atoms with van der Waals surface area (Å²) in [7, 11) is 0. The van der Waals surface area contributed by atoms with E-state index in [1.54, 1.807) is 24.4 Å². The van der Waals surface area contributed by atoms with Gasteiger partial charge in [-0.05, 0) is 74.1 Å². The minimum absolute atomic E-state index is 0.0803. The van der Waals surface area contributed by atoms with Gasteiger partial charge in [0.1, 0.15) is 31.1 Å². The molecule has 0 amide bonds. The van der Waals surface area contributed by atoms with E-state index >= 15 is 4.39 Å². The number of benzene rings is 2. The highest BCUT2D eigenvalue weighted by molar-refractivity contribution is 5.83. The van der Waals surface area contributed by atoms with Crippen LogP contribution in [0.1, 0.15) is 19.3 Å². The lowest BCUT2D eigenvalue weighted by Gasteiger charge is -2.25. The molecule has 4 heterocycles. The van der Waals surface area contributed by atoms with Gasteiger partial charge in [0, 0.05) is 36.8 Å². The van der Waals surface area contributed by atoms with Crippen molar-refractivity contribution in [2.75, 3.05) is 51.1 Å². The highest BCUT2D eigenvalue weighted by Crippen LogP contribution is 2.29. The number of pyridine rings is 1. The molecule has 35 heavy (non-hydrogen) atoms. The maximum atomic E-state index is 15.2. The van der Waals surface area contributed by atoms with E-state index in [-0.39, 0.29) is 17.5 Å². The molecule has 1 aromatic heterocycles. The van der Waals surface area contributed by atoms with Crippen molar-refractivity contribution in [3.63, 3.8) is 0 Å². The van der Waals surface area contributed by atoms with Gasteiger partial charge in [-0.1, -0.05) is 0 Å². The summed E-state index contributed by atoms with van der Waals surface area (Å²) in [5, 5.41) is 1.33. The number of likely N-dealkylation sites (tertiary alicyclic amines) is 1. The van der Waals surface area contributed by atoms with E-state index in [1.165, 1.54) is 23.5 Å². The first kappa shape index (κ1) is 22.5. The van der Waals surface area contributed by atoms with Crippen molar-refractivity contribution in [1.82, 2.24) is 9.47 Å². The molecule has 184 valence electrons. The molecule has 6 rings (SSSR count).